The molecule has 0 aromatic heterocycles. The van der Waals surface area contributed by atoms with Crippen LogP contribution in [-0.4, -0.2) is 30.7 Å². The zero-order valence-electron chi connectivity index (χ0n) is 20.1. The second-order valence-electron chi connectivity index (χ2n) is 9.91. The number of halogens is 2. The van der Waals surface area contributed by atoms with Crippen LogP contribution >= 0.6 is 11.6 Å². The lowest BCUT2D eigenvalue weighted by atomic mass is 9.92. The van der Waals surface area contributed by atoms with Crippen LogP contribution in [0.4, 0.5) is 14.9 Å². The number of nitrogens with zero attached hydrogens (tertiary/aromatic N) is 1. The molecule has 2 fully saturated rings. The van der Waals surface area contributed by atoms with Gasteiger partial charge in [-0.25, -0.2) is 9.18 Å². The van der Waals surface area contributed by atoms with Crippen molar-refractivity contribution in [2.45, 2.75) is 25.7 Å². The Balaban J connectivity index is 1.28. The molecule has 2 aliphatic rings. The van der Waals surface area contributed by atoms with Crippen LogP contribution in [-0.2, 0) is 17.6 Å². The molecule has 3 aromatic rings. The number of likely N-dealkylation sites (tertiary alicyclic amines) is 1. The topological polar surface area (TPSA) is 55.6 Å². The Kier molecular flexibility index (Phi) is 7.01. The van der Waals surface area contributed by atoms with Crippen molar-refractivity contribution in [2.75, 3.05) is 25.4 Å². The molecular weight excluding hydrogens is 475 g/mol. The van der Waals surface area contributed by atoms with Crippen molar-refractivity contribution >= 4 is 29.5 Å². The van der Waals surface area contributed by atoms with Gasteiger partial charge in [-0.1, -0.05) is 77.8 Å². The van der Waals surface area contributed by atoms with Crippen molar-refractivity contribution in [3.8, 4) is 0 Å². The van der Waals surface area contributed by atoms with Gasteiger partial charge in [0.1, 0.15) is 5.82 Å². The predicted molar refractivity (Wildman–Crippen MR) is 142 cm³/mol. The van der Waals surface area contributed by atoms with Crippen LogP contribution < -0.4 is 5.73 Å². The van der Waals surface area contributed by atoms with E-state index in [1.54, 1.807) is 12.1 Å². The van der Waals surface area contributed by atoms with Gasteiger partial charge in [0.05, 0.1) is 17.3 Å². The maximum atomic E-state index is 14.5. The molecular formula is C30H30ClFN2O2. The first kappa shape index (κ1) is 24.4. The molecule has 36 heavy (non-hydrogen) atoms. The number of rotatable bonds is 7. The van der Waals surface area contributed by atoms with E-state index in [1.807, 2.05) is 59.5 Å². The minimum absolute atomic E-state index is 0.0210. The van der Waals surface area contributed by atoms with E-state index < -0.39 is 0 Å². The summed E-state index contributed by atoms with van der Waals surface area (Å²) in [7, 11) is 0. The normalized spacial score (nSPS) is 21.1. The number of ether oxygens (including phenoxy) is 1. The number of allylic oxidation sites excluding steroid dienone is 1. The summed E-state index contributed by atoms with van der Waals surface area (Å²) in [4.78, 5) is 14.6. The molecule has 1 amide bonds. The fourth-order valence-electron chi connectivity index (χ4n) is 5.35. The van der Waals surface area contributed by atoms with Crippen LogP contribution in [0, 0.1) is 17.2 Å². The van der Waals surface area contributed by atoms with E-state index in [1.165, 1.54) is 6.07 Å². The Morgan fingerprint density at radius 1 is 1.14 bits per heavy atom. The van der Waals surface area contributed by atoms with E-state index in [0.29, 0.717) is 48.8 Å². The Morgan fingerprint density at radius 2 is 1.92 bits per heavy atom. The lowest BCUT2D eigenvalue weighted by molar-refractivity contribution is 0.110. The van der Waals surface area contributed by atoms with Crippen LogP contribution in [0.2, 0.25) is 5.02 Å². The maximum Gasteiger partial charge on any atom is 0.409 e. The van der Waals surface area contributed by atoms with Gasteiger partial charge in [-0.15, -0.1) is 0 Å². The SMILES string of the molecule is Nc1ccc(/C=C(\Cc2ccccc2F)C2C[C@]23CCN(C(=O)OCCc2ccccc2)C3)cc1Cl. The Labute approximate surface area is 216 Å². The highest BCUT2D eigenvalue weighted by Gasteiger charge is 2.59. The van der Waals surface area contributed by atoms with Gasteiger partial charge in [-0.05, 0) is 65.5 Å². The van der Waals surface area contributed by atoms with Crippen LogP contribution in [0.3, 0.4) is 0 Å². The minimum Gasteiger partial charge on any atom is -0.449 e. The van der Waals surface area contributed by atoms with Gasteiger partial charge in [-0.2, -0.15) is 0 Å². The number of amides is 1. The molecule has 1 unspecified atom stereocenters. The summed E-state index contributed by atoms with van der Waals surface area (Å²) in [6.45, 7) is 1.71. The molecule has 0 radical (unpaired) electrons. The average molecular weight is 505 g/mol. The predicted octanol–water partition coefficient (Wildman–Crippen LogP) is 6.78. The number of carbonyl (C=O) groups is 1. The lowest BCUT2D eigenvalue weighted by Gasteiger charge is -2.17. The molecule has 6 heteroatoms. The van der Waals surface area contributed by atoms with Crippen molar-refractivity contribution in [2.24, 2.45) is 11.3 Å². The first-order valence-electron chi connectivity index (χ1n) is 12.4. The summed E-state index contributed by atoms with van der Waals surface area (Å²) in [5, 5.41) is 0.504. The third kappa shape index (κ3) is 5.41. The molecule has 1 aliphatic carbocycles. The monoisotopic (exact) mass is 504 g/mol. The molecule has 1 spiro atoms. The Morgan fingerprint density at radius 3 is 2.69 bits per heavy atom. The molecule has 2 atom stereocenters. The summed E-state index contributed by atoms with van der Waals surface area (Å²) in [5.74, 6) is 0.0686. The zero-order chi connectivity index (χ0) is 25.1. The minimum atomic E-state index is -0.251. The molecule has 5 rings (SSSR count). The zero-order valence-corrected chi connectivity index (χ0v) is 20.9. The largest absolute Gasteiger partial charge is 0.449 e. The van der Waals surface area contributed by atoms with Gasteiger partial charge < -0.3 is 15.4 Å². The van der Waals surface area contributed by atoms with Crippen molar-refractivity contribution < 1.29 is 13.9 Å². The van der Waals surface area contributed by atoms with Gasteiger partial charge in [0.25, 0.3) is 0 Å². The van der Waals surface area contributed by atoms with Crippen LogP contribution in [0.5, 0.6) is 0 Å². The van der Waals surface area contributed by atoms with E-state index in [2.05, 4.69) is 6.08 Å². The molecule has 1 saturated heterocycles. The van der Waals surface area contributed by atoms with E-state index in [0.717, 1.165) is 29.5 Å². The van der Waals surface area contributed by atoms with Crippen LogP contribution in [0.1, 0.15) is 29.5 Å². The number of carbonyl (C=O) groups excluding carboxylic acids is 1. The van der Waals surface area contributed by atoms with Crippen molar-refractivity contribution in [1.82, 2.24) is 4.90 Å². The van der Waals surface area contributed by atoms with Gasteiger partial charge >= 0.3 is 6.09 Å². The number of hydrogen-bond donors (Lipinski definition) is 1. The second kappa shape index (κ2) is 10.4. The standard InChI is InChI=1S/C30H30ClFN2O2/c31-26-17-22(10-11-28(26)33)16-24(18-23-8-4-5-9-27(23)32)25-19-30(25)13-14-34(20-30)29(35)36-15-12-21-6-2-1-3-7-21/h1-11,16-17,25H,12-15,18-20,33H2/b24-16+/t25?,30-/m0/s1. The quantitative estimate of drug-likeness (QED) is 0.361. The van der Waals surface area contributed by atoms with E-state index in [4.69, 9.17) is 22.1 Å². The van der Waals surface area contributed by atoms with Crippen LogP contribution in [0.25, 0.3) is 6.08 Å². The van der Waals surface area contributed by atoms with Gasteiger partial charge in [0.15, 0.2) is 0 Å². The fraction of sp³-hybridized carbons (Fsp3) is 0.300. The van der Waals surface area contributed by atoms with Crippen molar-refractivity contribution in [3.05, 3.63) is 106 Å². The summed E-state index contributed by atoms with van der Waals surface area (Å²) in [5.41, 5.74) is 10.4. The fourth-order valence-corrected chi connectivity index (χ4v) is 5.54. The maximum absolute atomic E-state index is 14.5. The third-order valence-corrected chi connectivity index (χ3v) is 7.80. The van der Waals surface area contributed by atoms with Crippen LogP contribution in [0.15, 0.2) is 78.4 Å². The Bertz CT molecular complexity index is 1280. The summed E-state index contributed by atoms with van der Waals surface area (Å²) in [6, 6.07) is 22.5. The first-order valence-corrected chi connectivity index (χ1v) is 12.8. The third-order valence-electron chi connectivity index (χ3n) is 7.47. The number of nitrogens with two attached hydrogens (primary N) is 1. The van der Waals surface area contributed by atoms with Crippen molar-refractivity contribution in [1.29, 1.82) is 0 Å². The van der Waals surface area contributed by atoms with E-state index in [-0.39, 0.29) is 23.2 Å². The van der Waals surface area contributed by atoms with Gasteiger partial charge in [0.2, 0.25) is 0 Å². The smallest absolute Gasteiger partial charge is 0.409 e. The molecule has 1 heterocycles. The highest BCUT2D eigenvalue weighted by Crippen LogP contribution is 2.62. The molecule has 1 saturated carbocycles. The highest BCUT2D eigenvalue weighted by atomic mass is 35.5. The number of anilines is 1. The molecule has 4 nitrogen and oxygen atoms in total. The van der Waals surface area contributed by atoms with E-state index >= 15 is 0 Å². The number of hydrogen-bond acceptors (Lipinski definition) is 3. The summed E-state index contributed by atoms with van der Waals surface area (Å²) >= 11 is 6.26. The average Bonchev–Trinajstić information content (AvgIpc) is 3.41. The summed E-state index contributed by atoms with van der Waals surface area (Å²) < 4.78 is 20.1. The molecule has 1 aliphatic heterocycles. The number of benzene rings is 3. The molecule has 3 aromatic carbocycles. The molecule has 186 valence electrons. The summed E-state index contributed by atoms with van der Waals surface area (Å²) in [6.07, 6.45) is 4.97. The molecule has 2 N–H and O–H groups in total. The number of nitrogen functional groups attached to an aromatic ring is 1. The highest BCUT2D eigenvalue weighted by molar-refractivity contribution is 6.33. The van der Waals surface area contributed by atoms with Gasteiger partial charge in [-0.3, -0.25) is 0 Å². The molecule has 0 bridgehead atoms. The Hall–Kier alpha value is -3.31. The van der Waals surface area contributed by atoms with Crippen molar-refractivity contribution in [3.63, 3.8) is 0 Å². The first-order chi connectivity index (χ1) is 17.4. The second-order valence-corrected chi connectivity index (χ2v) is 10.3. The van der Waals surface area contributed by atoms with E-state index in [9.17, 15) is 9.18 Å². The lowest BCUT2D eigenvalue weighted by Crippen LogP contribution is -2.30. The van der Waals surface area contributed by atoms with Gasteiger partial charge in [0, 0.05) is 19.5 Å².